The Morgan fingerprint density at radius 2 is 0.811 bits per heavy atom. The molecule has 0 unspecified atom stereocenters. The summed E-state index contributed by atoms with van der Waals surface area (Å²) < 4.78 is 10.6. The Morgan fingerprint density at radius 3 is 1.27 bits per heavy atom. The summed E-state index contributed by atoms with van der Waals surface area (Å²) in [5.74, 6) is 1.69. The molecular formula is C33H30N2O2. The van der Waals surface area contributed by atoms with Crippen LogP contribution in [0.2, 0.25) is 0 Å². The first-order valence-electron chi connectivity index (χ1n) is 12.3. The first-order valence-corrected chi connectivity index (χ1v) is 12.3. The normalized spacial score (nSPS) is 10.6. The summed E-state index contributed by atoms with van der Waals surface area (Å²) in [6, 6.07) is 41.8. The smallest absolute Gasteiger partial charge is 0.119 e. The van der Waals surface area contributed by atoms with E-state index in [-0.39, 0.29) is 0 Å². The standard InChI is InChI=1S/C33H30N2O2/c1-24-4-14-29(15-5-24)35(31-18-22-33(37-3)23-19-31)30-16-8-26(9-17-30)25-6-10-27(11-7-25)34-28-12-20-32(36-2)21-13-28/h4-23,34H,1-3H3. The molecule has 5 aromatic rings. The van der Waals surface area contributed by atoms with Crippen LogP contribution in [0.25, 0.3) is 11.1 Å². The van der Waals surface area contributed by atoms with E-state index in [0.717, 1.165) is 45.5 Å². The van der Waals surface area contributed by atoms with Gasteiger partial charge in [-0.2, -0.15) is 0 Å². The number of methoxy groups -OCH3 is 2. The second-order valence-corrected chi connectivity index (χ2v) is 8.85. The van der Waals surface area contributed by atoms with Crippen molar-refractivity contribution in [2.24, 2.45) is 0 Å². The molecule has 5 rings (SSSR count). The summed E-state index contributed by atoms with van der Waals surface area (Å²) in [4.78, 5) is 2.25. The number of hydrogen-bond donors (Lipinski definition) is 1. The van der Waals surface area contributed by atoms with Crippen LogP contribution >= 0.6 is 0 Å². The summed E-state index contributed by atoms with van der Waals surface area (Å²) in [6.07, 6.45) is 0. The van der Waals surface area contributed by atoms with Gasteiger partial charge in [-0.1, -0.05) is 42.0 Å². The van der Waals surface area contributed by atoms with E-state index in [1.165, 1.54) is 11.1 Å². The first-order chi connectivity index (χ1) is 18.1. The van der Waals surface area contributed by atoms with Gasteiger partial charge >= 0.3 is 0 Å². The molecule has 0 atom stereocenters. The lowest BCUT2D eigenvalue weighted by molar-refractivity contribution is 0.415. The van der Waals surface area contributed by atoms with Gasteiger partial charge in [0.05, 0.1) is 14.2 Å². The predicted octanol–water partition coefficient (Wildman–Crippen LogP) is 8.89. The molecule has 4 nitrogen and oxygen atoms in total. The van der Waals surface area contributed by atoms with Gasteiger partial charge in [0.15, 0.2) is 0 Å². The third kappa shape index (κ3) is 5.60. The summed E-state index contributed by atoms with van der Waals surface area (Å²) in [6.45, 7) is 2.11. The molecule has 4 heteroatoms. The van der Waals surface area contributed by atoms with Crippen molar-refractivity contribution in [1.82, 2.24) is 0 Å². The Labute approximate surface area is 218 Å². The van der Waals surface area contributed by atoms with Crippen LogP contribution in [0.3, 0.4) is 0 Å². The number of rotatable bonds is 8. The maximum atomic E-state index is 5.36. The van der Waals surface area contributed by atoms with Crippen molar-refractivity contribution in [3.63, 3.8) is 0 Å². The molecule has 0 spiro atoms. The minimum Gasteiger partial charge on any atom is -0.497 e. The van der Waals surface area contributed by atoms with Crippen molar-refractivity contribution >= 4 is 28.4 Å². The number of anilines is 5. The lowest BCUT2D eigenvalue weighted by Gasteiger charge is -2.26. The molecule has 0 saturated heterocycles. The maximum absolute atomic E-state index is 5.36. The molecule has 0 bridgehead atoms. The molecular weight excluding hydrogens is 456 g/mol. The largest absolute Gasteiger partial charge is 0.497 e. The van der Waals surface area contributed by atoms with Crippen molar-refractivity contribution in [2.75, 3.05) is 24.4 Å². The molecule has 0 aliphatic heterocycles. The number of aryl methyl sites for hydroxylation is 1. The Balaban J connectivity index is 1.38. The minimum absolute atomic E-state index is 0.841. The fourth-order valence-corrected chi connectivity index (χ4v) is 4.26. The maximum Gasteiger partial charge on any atom is 0.119 e. The van der Waals surface area contributed by atoms with Gasteiger partial charge in [0.2, 0.25) is 0 Å². The highest BCUT2D eigenvalue weighted by atomic mass is 16.5. The zero-order valence-electron chi connectivity index (χ0n) is 21.3. The zero-order chi connectivity index (χ0) is 25.6. The van der Waals surface area contributed by atoms with Crippen molar-refractivity contribution < 1.29 is 9.47 Å². The molecule has 184 valence electrons. The zero-order valence-corrected chi connectivity index (χ0v) is 21.3. The molecule has 5 aromatic carbocycles. The number of nitrogens with one attached hydrogen (secondary N) is 1. The number of nitrogens with zero attached hydrogens (tertiary/aromatic N) is 1. The van der Waals surface area contributed by atoms with E-state index in [2.05, 4.69) is 102 Å². The van der Waals surface area contributed by atoms with Gasteiger partial charge < -0.3 is 19.7 Å². The van der Waals surface area contributed by atoms with Gasteiger partial charge in [-0.3, -0.25) is 0 Å². The van der Waals surface area contributed by atoms with Crippen LogP contribution in [0.4, 0.5) is 28.4 Å². The van der Waals surface area contributed by atoms with Crippen molar-refractivity contribution in [1.29, 1.82) is 0 Å². The van der Waals surface area contributed by atoms with E-state index >= 15 is 0 Å². The summed E-state index contributed by atoms with van der Waals surface area (Å²) in [5, 5.41) is 3.44. The molecule has 0 aliphatic carbocycles. The molecule has 0 aromatic heterocycles. The third-order valence-corrected chi connectivity index (χ3v) is 6.35. The second kappa shape index (κ2) is 10.9. The molecule has 1 N–H and O–H groups in total. The van der Waals surface area contributed by atoms with E-state index in [9.17, 15) is 0 Å². The predicted molar refractivity (Wildman–Crippen MR) is 154 cm³/mol. The van der Waals surface area contributed by atoms with E-state index in [1.807, 2.05) is 36.4 Å². The van der Waals surface area contributed by atoms with E-state index in [1.54, 1.807) is 14.2 Å². The number of ether oxygens (including phenoxy) is 2. The average Bonchev–Trinajstić information content (AvgIpc) is 2.96. The van der Waals surface area contributed by atoms with Crippen LogP contribution < -0.4 is 19.7 Å². The Hall–Kier alpha value is -4.70. The topological polar surface area (TPSA) is 33.7 Å². The summed E-state index contributed by atoms with van der Waals surface area (Å²) >= 11 is 0. The van der Waals surface area contributed by atoms with Crippen LogP contribution in [-0.4, -0.2) is 14.2 Å². The van der Waals surface area contributed by atoms with Gasteiger partial charge in [0.25, 0.3) is 0 Å². The molecule has 0 saturated carbocycles. The van der Waals surface area contributed by atoms with Crippen LogP contribution in [-0.2, 0) is 0 Å². The van der Waals surface area contributed by atoms with Crippen LogP contribution in [0.15, 0.2) is 121 Å². The van der Waals surface area contributed by atoms with E-state index in [4.69, 9.17) is 9.47 Å². The molecule has 0 amide bonds. The lowest BCUT2D eigenvalue weighted by Crippen LogP contribution is -2.09. The average molecular weight is 487 g/mol. The molecule has 0 aliphatic rings. The fourth-order valence-electron chi connectivity index (χ4n) is 4.26. The SMILES string of the molecule is COc1ccc(Nc2ccc(-c3ccc(N(c4ccc(C)cc4)c4ccc(OC)cc4)cc3)cc2)cc1. The van der Waals surface area contributed by atoms with Crippen LogP contribution in [0.5, 0.6) is 11.5 Å². The quantitative estimate of drug-likeness (QED) is 0.237. The van der Waals surface area contributed by atoms with Crippen molar-refractivity contribution in [2.45, 2.75) is 6.92 Å². The lowest BCUT2D eigenvalue weighted by atomic mass is 10.0. The van der Waals surface area contributed by atoms with E-state index < -0.39 is 0 Å². The fraction of sp³-hybridized carbons (Fsp3) is 0.0909. The second-order valence-electron chi connectivity index (χ2n) is 8.85. The van der Waals surface area contributed by atoms with Gasteiger partial charge in [0, 0.05) is 28.4 Å². The Kier molecular flexibility index (Phi) is 7.09. The molecule has 0 radical (unpaired) electrons. The minimum atomic E-state index is 0.841. The molecule has 0 fully saturated rings. The highest BCUT2D eigenvalue weighted by Gasteiger charge is 2.13. The third-order valence-electron chi connectivity index (χ3n) is 6.35. The Morgan fingerprint density at radius 1 is 0.459 bits per heavy atom. The Bertz CT molecular complexity index is 1430. The highest BCUT2D eigenvalue weighted by molar-refractivity contribution is 5.79. The first kappa shape index (κ1) is 24.0. The summed E-state index contributed by atoms with van der Waals surface area (Å²) in [5.41, 5.74) is 8.90. The highest BCUT2D eigenvalue weighted by Crippen LogP contribution is 2.36. The molecule has 37 heavy (non-hydrogen) atoms. The monoisotopic (exact) mass is 486 g/mol. The molecule has 0 heterocycles. The van der Waals surface area contributed by atoms with Gasteiger partial charge in [0.1, 0.15) is 11.5 Å². The van der Waals surface area contributed by atoms with Gasteiger partial charge in [-0.15, -0.1) is 0 Å². The van der Waals surface area contributed by atoms with Crippen LogP contribution in [0, 0.1) is 6.92 Å². The van der Waals surface area contributed by atoms with Gasteiger partial charge in [-0.05, 0) is 103 Å². The number of benzene rings is 5. The number of hydrogen-bond acceptors (Lipinski definition) is 4. The van der Waals surface area contributed by atoms with Crippen LogP contribution in [0.1, 0.15) is 5.56 Å². The van der Waals surface area contributed by atoms with Gasteiger partial charge in [-0.25, -0.2) is 0 Å². The van der Waals surface area contributed by atoms with Crippen molar-refractivity contribution in [3.8, 4) is 22.6 Å². The summed E-state index contributed by atoms with van der Waals surface area (Å²) in [7, 11) is 3.36. The van der Waals surface area contributed by atoms with E-state index in [0.29, 0.717) is 0 Å². The van der Waals surface area contributed by atoms with Crippen molar-refractivity contribution in [3.05, 3.63) is 127 Å².